The van der Waals surface area contributed by atoms with E-state index in [9.17, 15) is 0 Å². The van der Waals surface area contributed by atoms with E-state index in [4.69, 9.17) is 0 Å². The maximum atomic E-state index is 2.54. The van der Waals surface area contributed by atoms with Gasteiger partial charge in [0.1, 0.15) is 0 Å². The van der Waals surface area contributed by atoms with Crippen LogP contribution < -0.4 is 10.6 Å². The van der Waals surface area contributed by atoms with Crippen LogP contribution in [0.4, 0.5) is 0 Å². The molecule has 0 saturated carbocycles. The van der Waals surface area contributed by atoms with Gasteiger partial charge >= 0.3 is 214 Å². The normalized spacial score (nSPS) is 18.0. The Balaban J connectivity index is 1.46. The molecule has 0 N–H and O–H groups in total. The van der Waals surface area contributed by atoms with E-state index in [0.717, 1.165) is 0 Å². The second kappa shape index (κ2) is 9.28. The monoisotopic (exact) mass is 490 g/mol. The van der Waals surface area contributed by atoms with Crippen LogP contribution in [0.15, 0.2) is 108 Å². The number of hydrogen-bond acceptors (Lipinski definition) is 0. The van der Waals surface area contributed by atoms with Gasteiger partial charge in [-0.2, -0.15) is 0 Å². The summed E-state index contributed by atoms with van der Waals surface area (Å²) in [5, 5.41) is 4.54. The van der Waals surface area contributed by atoms with Crippen LogP contribution in [0, 0.1) is 13.8 Å². The SMILES string of the molecule is Cc1ccc(C)c2c1C=C[CH]2[Ti][CH]1C(P(c2ccccc2)c2ccccc2)=Cc2ccccc21. The van der Waals surface area contributed by atoms with Crippen molar-refractivity contribution in [3.05, 3.63) is 142 Å². The van der Waals surface area contributed by atoms with Crippen molar-refractivity contribution in [1.29, 1.82) is 0 Å². The molecule has 0 aliphatic heterocycles. The fourth-order valence-corrected chi connectivity index (χ4v) is 11.6. The predicted molar refractivity (Wildman–Crippen MR) is 144 cm³/mol. The molecule has 2 aliphatic carbocycles. The van der Waals surface area contributed by atoms with Crippen molar-refractivity contribution < 1.29 is 19.2 Å². The molecule has 0 heterocycles. The molecule has 0 saturated heterocycles. The summed E-state index contributed by atoms with van der Waals surface area (Å²) in [5.74, 6) is 0. The standard InChI is InChI=1S/C21H16P.C11H11.Ti/c1-3-11-19(12-4-1)22(20-13-5-2-6-14-20)21-15-17-9-7-8-10-18(17)16-21;1-8-6-7-9(2)11-5-3-4-10(8)11;/h1-16H;3-7H,1-2H3;. The van der Waals surface area contributed by atoms with Crippen LogP contribution in [0.1, 0.15) is 41.8 Å². The Kier molecular flexibility index (Phi) is 6.00. The topological polar surface area (TPSA) is 0 Å². The van der Waals surface area contributed by atoms with Gasteiger partial charge in [-0.15, -0.1) is 0 Å². The molecule has 34 heavy (non-hydrogen) atoms. The first-order valence-corrected chi connectivity index (χ1v) is 15.1. The molecule has 0 fully saturated rings. The van der Waals surface area contributed by atoms with Crippen molar-refractivity contribution in [1.82, 2.24) is 0 Å². The Morgan fingerprint density at radius 1 is 0.676 bits per heavy atom. The molecule has 2 aliphatic rings. The fraction of sp³-hybridized carbons (Fsp3) is 0.125. The maximum absolute atomic E-state index is 2.54. The first-order chi connectivity index (χ1) is 16.7. The van der Waals surface area contributed by atoms with Crippen molar-refractivity contribution in [3.8, 4) is 0 Å². The first-order valence-electron chi connectivity index (χ1n) is 12.0. The van der Waals surface area contributed by atoms with Crippen molar-refractivity contribution in [3.63, 3.8) is 0 Å². The summed E-state index contributed by atoms with van der Waals surface area (Å²) < 4.78 is 1.13. The zero-order valence-electron chi connectivity index (χ0n) is 19.6. The van der Waals surface area contributed by atoms with Crippen LogP contribution in [0.3, 0.4) is 0 Å². The molecule has 0 aromatic heterocycles. The summed E-state index contributed by atoms with van der Waals surface area (Å²) in [5.41, 5.74) is 8.89. The van der Waals surface area contributed by atoms with Crippen LogP contribution in [-0.4, -0.2) is 0 Å². The number of rotatable bonds is 5. The molecule has 6 rings (SSSR count). The van der Waals surface area contributed by atoms with Gasteiger partial charge in [0.2, 0.25) is 0 Å². The van der Waals surface area contributed by atoms with Crippen LogP contribution in [0.25, 0.3) is 12.2 Å². The summed E-state index contributed by atoms with van der Waals surface area (Å²) in [7, 11) is -0.571. The summed E-state index contributed by atoms with van der Waals surface area (Å²) in [6, 6.07) is 36.1. The molecule has 2 atom stereocenters. The Morgan fingerprint density at radius 2 is 1.29 bits per heavy atom. The van der Waals surface area contributed by atoms with E-state index in [0.29, 0.717) is 8.45 Å². The minimum atomic E-state index is -0.571. The van der Waals surface area contributed by atoms with E-state index in [-0.39, 0.29) is 19.2 Å². The quantitative estimate of drug-likeness (QED) is 0.199. The Labute approximate surface area is 213 Å². The number of benzene rings is 4. The van der Waals surface area contributed by atoms with Crippen molar-refractivity contribution in [2.24, 2.45) is 0 Å². The summed E-state index contributed by atoms with van der Waals surface area (Å²) >= 11 is -0.364. The summed E-state index contributed by atoms with van der Waals surface area (Å²) in [4.78, 5) is 0. The third kappa shape index (κ3) is 3.89. The van der Waals surface area contributed by atoms with Gasteiger partial charge in [0.25, 0.3) is 0 Å². The second-order valence-corrected chi connectivity index (χ2v) is 13.8. The summed E-state index contributed by atoms with van der Waals surface area (Å²) in [6.45, 7) is 4.55. The molecule has 2 heteroatoms. The van der Waals surface area contributed by atoms with Gasteiger partial charge in [0, 0.05) is 0 Å². The van der Waals surface area contributed by atoms with Crippen LogP contribution in [0.5, 0.6) is 0 Å². The van der Waals surface area contributed by atoms with Crippen LogP contribution in [-0.2, 0) is 19.2 Å². The molecular weight excluding hydrogens is 463 g/mol. The second-order valence-electron chi connectivity index (χ2n) is 9.17. The molecule has 164 valence electrons. The zero-order chi connectivity index (χ0) is 23.1. The molecule has 0 bridgehead atoms. The molecule has 2 unspecified atom stereocenters. The van der Waals surface area contributed by atoms with E-state index < -0.39 is 7.92 Å². The number of fused-ring (bicyclic) bond motifs is 2. The molecule has 0 spiro atoms. The zero-order valence-corrected chi connectivity index (χ0v) is 22.0. The predicted octanol–water partition coefficient (Wildman–Crippen LogP) is 7.68. The average molecular weight is 490 g/mol. The Hall–Kier alpha value is -2.50. The van der Waals surface area contributed by atoms with Crippen molar-refractivity contribution in [2.45, 2.75) is 22.3 Å². The van der Waals surface area contributed by atoms with Gasteiger partial charge in [0.15, 0.2) is 0 Å². The van der Waals surface area contributed by atoms with Gasteiger partial charge in [-0.1, -0.05) is 0 Å². The molecule has 0 amide bonds. The van der Waals surface area contributed by atoms with Gasteiger partial charge in [-0.05, 0) is 0 Å². The number of hydrogen-bond donors (Lipinski definition) is 0. The molecule has 4 aromatic rings. The van der Waals surface area contributed by atoms with E-state index >= 15 is 0 Å². The Bertz CT molecular complexity index is 1360. The number of allylic oxidation sites excluding steroid dienone is 2. The van der Waals surface area contributed by atoms with Crippen LogP contribution >= 0.6 is 7.92 Å². The third-order valence-corrected chi connectivity index (χ3v) is 12.7. The Morgan fingerprint density at radius 3 is 2.00 bits per heavy atom. The van der Waals surface area contributed by atoms with Gasteiger partial charge in [-0.25, -0.2) is 0 Å². The average Bonchev–Trinajstić information content (AvgIpc) is 3.46. The van der Waals surface area contributed by atoms with E-state index in [1.165, 1.54) is 32.9 Å². The molecule has 0 nitrogen and oxygen atoms in total. The molecule has 0 radical (unpaired) electrons. The van der Waals surface area contributed by atoms with E-state index in [2.05, 4.69) is 129 Å². The third-order valence-electron chi connectivity index (χ3n) is 7.03. The van der Waals surface area contributed by atoms with Crippen molar-refractivity contribution in [2.75, 3.05) is 0 Å². The minimum absolute atomic E-state index is 0.364. The summed E-state index contributed by atoms with van der Waals surface area (Å²) in [6.07, 6.45) is 7.45. The van der Waals surface area contributed by atoms with E-state index in [1.54, 1.807) is 16.4 Å². The van der Waals surface area contributed by atoms with Gasteiger partial charge in [0.05, 0.1) is 0 Å². The first kappa shape index (κ1) is 22.0. The van der Waals surface area contributed by atoms with Crippen LogP contribution in [0.2, 0.25) is 0 Å². The van der Waals surface area contributed by atoms with Crippen molar-refractivity contribution >= 4 is 30.7 Å². The van der Waals surface area contributed by atoms with Gasteiger partial charge in [-0.3, -0.25) is 0 Å². The van der Waals surface area contributed by atoms with Gasteiger partial charge < -0.3 is 0 Å². The number of aryl methyl sites for hydroxylation is 2. The van der Waals surface area contributed by atoms with E-state index in [1.807, 2.05) is 0 Å². The fourth-order valence-electron chi connectivity index (χ4n) is 5.37. The molecular formula is C32H27PTi. The molecule has 4 aromatic carbocycles.